The molecule has 1 aromatic carbocycles. The summed E-state index contributed by atoms with van der Waals surface area (Å²) in [5.74, 6) is 0.143. The second-order valence-electron chi connectivity index (χ2n) is 4.19. The molecule has 0 fully saturated rings. The van der Waals surface area contributed by atoms with Gasteiger partial charge in [-0.1, -0.05) is 19.1 Å². The normalized spacial score (nSPS) is 11.4. The molecule has 0 spiro atoms. The number of benzene rings is 1. The average molecular weight is 282 g/mol. The molecule has 0 radical (unpaired) electrons. The third-order valence-corrected chi connectivity index (χ3v) is 2.71. The lowest BCUT2D eigenvalue weighted by Crippen LogP contribution is -2.08. The van der Waals surface area contributed by atoms with Crippen LogP contribution in [0, 0.1) is 0 Å². The Bertz CT molecular complexity index is 612. The van der Waals surface area contributed by atoms with Gasteiger partial charge in [-0.3, -0.25) is 0 Å². The first-order chi connectivity index (χ1) is 9.40. The van der Waals surface area contributed by atoms with Gasteiger partial charge < -0.3 is 10.5 Å². The molecule has 2 aromatic rings. The summed E-state index contributed by atoms with van der Waals surface area (Å²) >= 11 is 0. The predicted octanol–water partition coefficient (Wildman–Crippen LogP) is 4.04. The monoisotopic (exact) mass is 282 g/mol. The van der Waals surface area contributed by atoms with Crippen LogP contribution in [-0.4, -0.2) is 4.98 Å². The number of alkyl halides is 3. The van der Waals surface area contributed by atoms with E-state index in [1.54, 1.807) is 18.2 Å². The molecule has 6 heteroatoms. The molecule has 0 aliphatic carbocycles. The predicted molar refractivity (Wildman–Crippen MR) is 69.5 cm³/mol. The zero-order chi connectivity index (χ0) is 14.8. The lowest BCUT2D eigenvalue weighted by Gasteiger charge is -2.11. The summed E-state index contributed by atoms with van der Waals surface area (Å²) in [7, 11) is 0. The molecule has 0 bridgehead atoms. The van der Waals surface area contributed by atoms with Gasteiger partial charge in [0.1, 0.15) is 5.69 Å². The van der Waals surface area contributed by atoms with E-state index in [-0.39, 0.29) is 11.6 Å². The van der Waals surface area contributed by atoms with E-state index in [4.69, 9.17) is 10.5 Å². The van der Waals surface area contributed by atoms with E-state index in [2.05, 4.69) is 4.98 Å². The summed E-state index contributed by atoms with van der Waals surface area (Å²) in [5.41, 5.74) is 6.18. The number of nitrogens with two attached hydrogens (primary N) is 1. The van der Waals surface area contributed by atoms with Crippen molar-refractivity contribution in [1.29, 1.82) is 0 Å². The standard InChI is InChI=1S/C14H13F3N2O/c1-2-9-6-7-11(10(18)8-9)20-13-5-3-4-12(19-13)14(15,16)17/h3-8H,2,18H2,1H3. The number of hydrogen-bond donors (Lipinski definition) is 1. The number of rotatable bonds is 3. The SMILES string of the molecule is CCc1ccc(Oc2cccc(C(F)(F)F)n2)c(N)c1. The van der Waals surface area contributed by atoms with E-state index in [0.717, 1.165) is 18.1 Å². The fraction of sp³-hybridized carbons (Fsp3) is 0.214. The van der Waals surface area contributed by atoms with Crippen molar-refractivity contribution in [3.63, 3.8) is 0 Å². The van der Waals surface area contributed by atoms with Crippen LogP contribution in [0.4, 0.5) is 18.9 Å². The Morgan fingerprint density at radius 2 is 1.95 bits per heavy atom. The van der Waals surface area contributed by atoms with Crippen LogP contribution in [0.25, 0.3) is 0 Å². The molecule has 1 heterocycles. The van der Waals surface area contributed by atoms with Crippen molar-refractivity contribution in [2.45, 2.75) is 19.5 Å². The van der Waals surface area contributed by atoms with Crippen molar-refractivity contribution in [3.8, 4) is 11.6 Å². The molecule has 0 aliphatic heterocycles. The number of pyridine rings is 1. The molecule has 1 aromatic heterocycles. The molecule has 0 unspecified atom stereocenters. The van der Waals surface area contributed by atoms with Crippen LogP contribution in [0.5, 0.6) is 11.6 Å². The third-order valence-electron chi connectivity index (χ3n) is 2.71. The minimum atomic E-state index is -4.50. The third kappa shape index (κ3) is 3.20. The van der Waals surface area contributed by atoms with Gasteiger partial charge in [-0.2, -0.15) is 13.2 Å². The lowest BCUT2D eigenvalue weighted by molar-refractivity contribution is -0.141. The lowest BCUT2D eigenvalue weighted by atomic mass is 10.1. The van der Waals surface area contributed by atoms with Crippen LogP contribution in [0.1, 0.15) is 18.2 Å². The van der Waals surface area contributed by atoms with E-state index in [9.17, 15) is 13.2 Å². The highest BCUT2D eigenvalue weighted by Gasteiger charge is 2.32. The topological polar surface area (TPSA) is 48.1 Å². The van der Waals surface area contributed by atoms with Crippen LogP contribution < -0.4 is 10.5 Å². The first kappa shape index (κ1) is 14.2. The fourth-order valence-corrected chi connectivity index (χ4v) is 1.65. The highest BCUT2D eigenvalue weighted by molar-refractivity contribution is 5.55. The maximum absolute atomic E-state index is 12.5. The highest BCUT2D eigenvalue weighted by Crippen LogP contribution is 2.31. The van der Waals surface area contributed by atoms with Crippen LogP contribution >= 0.6 is 0 Å². The van der Waals surface area contributed by atoms with Crippen molar-refractivity contribution < 1.29 is 17.9 Å². The molecule has 0 amide bonds. The number of anilines is 1. The van der Waals surface area contributed by atoms with E-state index in [0.29, 0.717) is 5.69 Å². The second-order valence-corrected chi connectivity index (χ2v) is 4.19. The van der Waals surface area contributed by atoms with Crippen molar-refractivity contribution >= 4 is 5.69 Å². The Hall–Kier alpha value is -2.24. The molecule has 0 aliphatic rings. The fourth-order valence-electron chi connectivity index (χ4n) is 1.65. The number of aryl methyl sites for hydroxylation is 1. The summed E-state index contributed by atoms with van der Waals surface area (Å²) < 4.78 is 42.9. The van der Waals surface area contributed by atoms with Gasteiger partial charge in [-0.05, 0) is 30.2 Å². The molecular formula is C14H13F3N2O. The summed E-state index contributed by atoms with van der Waals surface area (Å²) in [4.78, 5) is 3.42. The van der Waals surface area contributed by atoms with Crippen molar-refractivity contribution in [3.05, 3.63) is 47.7 Å². The highest BCUT2D eigenvalue weighted by atomic mass is 19.4. The smallest absolute Gasteiger partial charge is 0.433 e. The molecule has 3 nitrogen and oxygen atoms in total. The summed E-state index contributed by atoms with van der Waals surface area (Å²) in [5, 5.41) is 0. The van der Waals surface area contributed by atoms with E-state index in [1.165, 1.54) is 12.1 Å². The Labute approximate surface area is 114 Å². The van der Waals surface area contributed by atoms with Gasteiger partial charge >= 0.3 is 6.18 Å². The zero-order valence-electron chi connectivity index (χ0n) is 10.7. The van der Waals surface area contributed by atoms with Gasteiger partial charge in [0.2, 0.25) is 5.88 Å². The van der Waals surface area contributed by atoms with E-state index >= 15 is 0 Å². The molecule has 106 valence electrons. The van der Waals surface area contributed by atoms with Gasteiger partial charge in [0.15, 0.2) is 5.75 Å². The first-order valence-electron chi connectivity index (χ1n) is 6.00. The first-order valence-corrected chi connectivity index (χ1v) is 6.00. The summed E-state index contributed by atoms with van der Waals surface area (Å²) in [6, 6.07) is 8.62. The zero-order valence-corrected chi connectivity index (χ0v) is 10.7. The molecule has 2 N–H and O–H groups in total. The average Bonchev–Trinajstić information content (AvgIpc) is 2.40. The maximum Gasteiger partial charge on any atom is 0.433 e. The van der Waals surface area contributed by atoms with Gasteiger partial charge in [-0.25, -0.2) is 4.98 Å². The molecule has 0 atom stereocenters. The quantitative estimate of drug-likeness (QED) is 0.864. The molecule has 0 saturated carbocycles. The minimum absolute atomic E-state index is 0.143. The van der Waals surface area contributed by atoms with Crippen molar-refractivity contribution in [1.82, 2.24) is 4.98 Å². The van der Waals surface area contributed by atoms with Crippen LogP contribution in [0.15, 0.2) is 36.4 Å². The Balaban J connectivity index is 2.26. The van der Waals surface area contributed by atoms with Crippen LogP contribution in [-0.2, 0) is 12.6 Å². The van der Waals surface area contributed by atoms with Gasteiger partial charge in [-0.15, -0.1) is 0 Å². The van der Waals surface area contributed by atoms with E-state index in [1.807, 2.05) is 6.92 Å². The Morgan fingerprint density at radius 3 is 2.55 bits per heavy atom. The molecule has 20 heavy (non-hydrogen) atoms. The van der Waals surface area contributed by atoms with Gasteiger partial charge in [0.25, 0.3) is 0 Å². The van der Waals surface area contributed by atoms with Crippen LogP contribution in [0.2, 0.25) is 0 Å². The number of nitrogens with zero attached hydrogens (tertiary/aromatic N) is 1. The maximum atomic E-state index is 12.5. The largest absolute Gasteiger partial charge is 0.437 e. The number of halogens is 3. The number of nitrogen functional groups attached to an aromatic ring is 1. The summed E-state index contributed by atoms with van der Waals surface area (Å²) in [6.07, 6.45) is -3.69. The Morgan fingerprint density at radius 1 is 1.20 bits per heavy atom. The van der Waals surface area contributed by atoms with Crippen molar-refractivity contribution in [2.75, 3.05) is 5.73 Å². The number of ether oxygens (including phenoxy) is 1. The summed E-state index contributed by atoms with van der Waals surface area (Å²) in [6.45, 7) is 1.98. The second kappa shape index (κ2) is 5.40. The Kier molecular flexibility index (Phi) is 3.83. The number of aromatic nitrogens is 1. The molecular weight excluding hydrogens is 269 g/mol. The van der Waals surface area contributed by atoms with Crippen LogP contribution in [0.3, 0.4) is 0 Å². The molecule has 0 saturated heterocycles. The molecule has 2 rings (SSSR count). The van der Waals surface area contributed by atoms with Gasteiger partial charge in [0.05, 0.1) is 5.69 Å². The van der Waals surface area contributed by atoms with Gasteiger partial charge in [0, 0.05) is 6.07 Å². The van der Waals surface area contributed by atoms with Crippen molar-refractivity contribution in [2.24, 2.45) is 0 Å². The number of hydrogen-bond acceptors (Lipinski definition) is 3. The van der Waals surface area contributed by atoms with E-state index < -0.39 is 11.9 Å². The minimum Gasteiger partial charge on any atom is -0.437 e.